The first-order chi connectivity index (χ1) is 13.3. The van der Waals surface area contributed by atoms with Crippen molar-refractivity contribution in [3.8, 4) is 0 Å². The Labute approximate surface area is 165 Å². The third-order valence-corrected chi connectivity index (χ3v) is 4.73. The minimum Gasteiger partial charge on any atom is -0.320 e. The third-order valence-electron chi connectivity index (χ3n) is 3.97. The molecular formula is C20H19FN4O2S. The number of urea groups is 1. The molecule has 1 heterocycles. The van der Waals surface area contributed by atoms with Crippen molar-refractivity contribution in [2.75, 3.05) is 16.0 Å². The minimum atomic E-state index is -0.530. The van der Waals surface area contributed by atoms with Gasteiger partial charge in [-0.05, 0) is 56.2 Å². The molecule has 3 aromatic rings. The van der Waals surface area contributed by atoms with Crippen molar-refractivity contribution in [1.29, 1.82) is 0 Å². The molecule has 144 valence electrons. The first-order valence-corrected chi connectivity index (χ1v) is 9.38. The fraction of sp³-hybridized carbons (Fsp3) is 0.150. The number of aryl methyl sites for hydroxylation is 3. The van der Waals surface area contributed by atoms with Crippen LogP contribution in [0.3, 0.4) is 0 Å². The Morgan fingerprint density at radius 3 is 2.25 bits per heavy atom. The molecule has 8 heteroatoms. The number of hydrogen-bond donors (Lipinski definition) is 3. The zero-order chi connectivity index (χ0) is 20.3. The summed E-state index contributed by atoms with van der Waals surface area (Å²) in [4.78, 5) is 28.7. The molecule has 0 fully saturated rings. The Morgan fingerprint density at radius 1 is 0.964 bits per heavy atom. The number of amides is 3. The Kier molecular flexibility index (Phi) is 5.70. The van der Waals surface area contributed by atoms with Crippen molar-refractivity contribution in [3.05, 3.63) is 70.0 Å². The molecule has 0 saturated heterocycles. The highest BCUT2D eigenvalue weighted by Gasteiger charge is 2.15. The lowest BCUT2D eigenvalue weighted by molar-refractivity contribution is 0.102. The summed E-state index contributed by atoms with van der Waals surface area (Å²) in [5, 5.41) is 9.85. The molecular weight excluding hydrogens is 379 g/mol. The first-order valence-electron chi connectivity index (χ1n) is 8.50. The van der Waals surface area contributed by atoms with E-state index in [0.29, 0.717) is 5.69 Å². The highest BCUT2D eigenvalue weighted by Crippen LogP contribution is 2.23. The minimum absolute atomic E-state index is 0.210. The number of thiazole rings is 1. The molecule has 0 saturated carbocycles. The van der Waals surface area contributed by atoms with E-state index in [2.05, 4.69) is 20.9 Å². The summed E-state index contributed by atoms with van der Waals surface area (Å²) in [5.41, 5.74) is 4.48. The van der Waals surface area contributed by atoms with Gasteiger partial charge in [-0.25, -0.2) is 14.2 Å². The number of carbonyl (C=O) groups excluding carboxylic acids is 2. The summed E-state index contributed by atoms with van der Waals surface area (Å²) in [5.74, 6) is -0.737. The van der Waals surface area contributed by atoms with E-state index in [-0.39, 0.29) is 22.5 Å². The number of benzene rings is 2. The van der Waals surface area contributed by atoms with Crippen LogP contribution in [0, 0.1) is 26.6 Å². The van der Waals surface area contributed by atoms with Gasteiger partial charge in [-0.2, -0.15) is 0 Å². The molecule has 0 unspecified atom stereocenters. The number of rotatable bonds is 4. The van der Waals surface area contributed by atoms with Crippen LogP contribution < -0.4 is 16.0 Å². The van der Waals surface area contributed by atoms with Crippen molar-refractivity contribution < 1.29 is 14.0 Å². The predicted octanol–water partition coefficient (Wildman–Crippen LogP) is 5.10. The van der Waals surface area contributed by atoms with Crippen LogP contribution in [0.25, 0.3) is 0 Å². The van der Waals surface area contributed by atoms with E-state index in [4.69, 9.17) is 0 Å². The molecule has 6 nitrogen and oxygen atoms in total. The van der Waals surface area contributed by atoms with Gasteiger partial charge >= 0.3 is 6.03 Å². The summed E-state index contributed by atoms with van der Waals surface area (Å²) in [7, 11) is 0. The van der Waals surface area contributed by atoms with Gasteiger partial charge in [-0.1, -0.05) is 17.7 Å². The number of halogens is 1. The summed E-state index contributed by atoms with van der Waals surface area (Å²) in [6, 6.07) is 8.85. The summed E-state index contributed by atoms with van der Waals surface area (Å²) in [6.07, 6.45) is 0. The molecule has 0 spiro atoms. The Morgan fingerprint density at radius 2 is 1.61 bits per heavy atom. The molecule has 28 heavy (non-hydrogen) atoms. The van der Waals surface area contributed by atoms with Crippen LogP contribution in [0.4, 0.5) is 25.7 Å². The molecule has 1 aromatic heterocycles. The predicted molar refractivity (Wildman–Crippen MR) is 110 cm³/mol. The number of carbonyl (C=O) groups is 2. The average Bonchev–Trinajstić information content (AvgIpc) is 3.08. The van der Waals surface area contributed by atoms with Gasteiger partial charge < -0.3 is 10.6 Å². The maximum Gasteiger partial charge on any atom is 0.325 e. The molecule has 3 N–H and O–H groups in total. The van der Waals surface area contributed by atoms with Gasteiger partial charge in [0.05, 0.1) is 0 Å². The van der Waals surface area contributed by atoms with Crippen molar-refractivity contribution >= 4 is 39.8 Å². The van der Waals surface area contributed by atoms with Gasteiger partial charge in [0.1, 0.15) is 11.5 Å². The quantitative estimate of drug-likeness (QED) is 0.571. The second-order valence-corrected chi connectivity index (χ2v) is 7.21. The monoisotopic (exact) mass is 398 g/mol. The summed E-state index contributed by atoms with van der Waals surface area (Å²) in [6.45, 7) is 5.87. The van der Waals surface area contributed by atoms with E-state index >= 15 is 0 Å². The van der Waals surface area contributed by atoms with E-state index in [1.807, 2.05) is 32.9 Å². The van der Waals surface area contributed by atoms with E-state index in [9.17, 15) is 14.0 Å². The van der Waals surface area contributed by atoms with Gasteiger partial charge in [-0.3, -0.25) is 10.1 Å². The van der Waals surface area contributed by atoms with Crippen LogP contribution in [-0.4, -0.2) is 16.9 Å². The van der Waals surface area contributed by atoms with Crippen LogP contribution in [0.2, 0.25) is 0 Å². The molecule has 0 radical (unpaired) electrons. The van der Waals surface area contributed by atoms with Crippen LogP contribution >= 0.6 is 11.3 Å². The average molecular weight is 398 g/mol. The number of nitrogens with zero attached hydrogens (tertiary/aromatic N) is 1. The largest absolute Gasteiger partial charge is 0.325 e. The van der Waals surface area contributed by atoms with Crippen LogP contribution in [0.15, 0.2) is 41.8 Å². The molecule has 0 aliphatic heterocycles. The van der Waals surface area contributed by atoms with Crippen molar-refractivity contribution in [2.45, 2.75) is 20.8 Å². The molecule has 2 aromatic carbocycles. The topological polar surface area (TPSA) is 83.1 Å². The van der Waals surface area contributed by atoms with E-state index in [1.54, 1.807) is 5.38 Å². The molecule has 3 rings (SSSR count). The van der Waals surface area contributed by atoms with Gasteiger partial charge in [0.2, 0.25) is 0 Å². The number of aromatic nitrogens is 1. The van der Waals surface area contributed by atoms with E-state index in [1.165, 1.54) is 24.3 Å². The zero-order valence-corrected chi connectivity index (χ0v) is 16.4. The maximum atomic E-state index is 12.9. The third kappa shape index (κ3) is 4.72. The number of nitrogens with one attached hydrogen (secondary N) is 3. The fourth-order valence-electron chi connectivity index (χ4n) is 2.78. The van der Waals surface area contributed by atoms with Crippen molar-refractivity contribution in [2.24, 2.45) is 0 Å². The van der Waals surface area contributed by atoms with Gasteiger partial charge in [-0.15, -0.1) is 11.3 Å². The Balaban J connectivity index is 1.64. The summed E-state index contributed by atoms with van der Waals surface area (Å²) >= 11 is 1.14. The number of hydrogen-bond acceptors (Lipinski definition) is 4. The van der Waals surface area contributed by atoms with Crippen LogP contribution in [0.5, 0.6) is 0 Å². The molecule has 0 aliphatic rings. The Bertz CT molecular complexity index is 1010. The second kappa shape index (κ2) is 8.18. The lowest BCUT2D eigenvalue weighted by Crippen LogP contribution is -2.19. The first kappa shape index (κ1) is 19.5. The van der Waals surface area contributed by atoms with Crippen LogP contribution in [-0.2, 0) is 0 Å². The van der Waals surface area contributed by atoms with Gasteiger partial charge in [0.15, 0.2) is 5.13 Å². The highest BCUT2D eigenvalue weighted by atomic mass is 32.1. The van der Waals surface area contributed by atoms with Crippen LogP contribution in [0.1, 0.15) is 27.2 Å². The SMILES string of the molecule is Cc1cc(C)c(NC(=O)c2csc(NC(=O)Nc3ccc(F)cc3)n2)c(C)c1. The molecule has 3 amide bonds. The Hall–Kier alpha value is -3.26. The molecule has 0 atom stereocenters. The lowest BCUT2D eigenvalue weighted by Gasteiger charge is -2.11. The maximum absolute atomic E-state index is 12.9. The van der Waals surface area contributed by atoms with Crippen molar-refractivity contribution in [1.82, 2.24) is 4.98 Å². The second-order valence-electron chi connectivity index (χ2n) is 6.35. The van der Waals surface area contributed by atoms with Gasteiger partial charge in [0.25, 0.3) is 5.91 Å². The van der Waals surface area contributed by atoms with E-state index < -0.39 is 6.03 Å². The number of anilines is 3. The molecule has 0 aliphatic carbocycles. The highest BCUT2D eigenvalue weighted by molar-refractivity contribution is 7.14. The van der Waals surface area contributed by atoms with E-state index in [0.717, 1.165) is 33.7 Å². The standard InChI is InChI=1S/C20H19FN4O2S/c1-11-8-12(2)17(13(3)9-11)24-18(26)16-10-28-20(23-16)25-19(27)22-15-6-4-14(21)5-7-15/h4-10H,1-3H3,(H,24,26)(H2,22,23,25,27). The normalized spacial score (nSPS) is 10.4. The smallest absolute Gasteiger partial charge is 0.320 e. The van der Waals surface area contributed by atoms with Crippen molar-refractivity contribution in [3.63, 3.8) is 0 Å². The summed E-state index contributed by atoms with van der Waals surface area (Å²) < 4.78 is 12.9. The van der Waals surface area contributed by atoms with Gasteiger partial charge in [0, 0.05) is 16.8 Å². The zero-order valence-electron chi connectivity index (χ0n) is 15.6. The fourth-order valence-corrected chi connectivity index (χ4v) is 3.47. The molecule has 0 bridgehead atoms. The lowest BCUT2D eigenvalue weighted by atomic mass is 10.1.